The van der Waals surface area contributed by atoms with Crippen molar-refractivity contribution in [3.05, 3.63) is 58.3 Å². The highest BCUT2D eigenvalue weighted by molar-refractivity contribution is 6.07. The smallest absolute Gasteiger partial charge is 0.253 e. The molecule has 2 aromatic carbocycles. The number of fused-ring (bicyclic) bond motifs is 2. The van der Waals surface area contributed by atoms with Gasteiger partial charge in [0.15, 0.2) is 5.43 Å². The van der Waals surface area contributed by atoms with Crippen molar-refractivity contribution in [2.75, 3.05) is 7.05 Å². The highest BCUT2D eigenvalue weighted by Gasteiger charge is 2.12. The lowest BCUT2D eigenvalue weighted by Crippen LogP contribution is -2.19. The first-order valence-electron chi connectivity index (χ1n) is 5.98. The van der Waals surface area contributed by atoms with Crippen molar-refractivity contribution in [3.8, 4) is 0 Å². The standard InChI is InChI=1S/C15H12N2O2/c1-16-15(19)11-7-4-6-10-13(11)17-12-8-3-2-5-9(12)14(10)18/h2-8H,1H3,(H,16,19)(H,17,18). The van der Waals surface area contributed by atoms with Crippen LogP contribution in [0.4, 0.5) is 0 Å². The number of nitrogens with one attached hydrogen (secondary N) is 2. The van der Waals surface area contributed by atoms with Crippen LogP contribution in [0, 0.1) is 0 Å². The Morgan fingerprint density at radius 1 is 1.05 bits per heavy atom. The molecule has 0 radical (unpaired) electrons. The van der Waals surface area contributed by atoms with Crippen LogP contribution in [0.25, 0.3) is 21.8 Å². The van der Waals surface area contributed by atoms with Crippen molar-refractivity contribution in [3.63, 3.8) is 0 Å². The van der Waals surface area contributed by atoms with Gasteiger partial charge in [-0.2, -0.15) is 0 Å². The third-order valence-electron chi connectivity index (χ3n) is 3.21. The number of aromatic nitrogens is 1. The Morgan fingerprint density at radius 3 is 2.58 bits per heavy atom. The van der Waals surface area contributed by atoms with E-state index in [2.05, 4.69) is 10.3 Å². The second-order valence-electron chi connectivity index (χ2n) is 4.31. The highest BCUT2D eigenvalue weighted by atomic mass is 16.1. The molecule has 3 rings (SSSR count). The first-order chi connectivity index (χ1) is 9.22. The summed E-state index contributed by atoms with van der Waals surface area (Å²) >= 11 is 0. The Bertz CT molecular complexity index is 850. The van der Waals surface area contributed by atoms with Gasteiger partial charge < -0.3 is 10.3 Å². The van der Waals surface area contributed by atoms with Gasteiger partial charge in [-0.15, -0.1) is 0 Å². The molecule has 1 heterocycles. The maximum atomic E-state index is 12.4. The Kier molecular flexibility index (Phi) is 2.56. The van der Waals surface area contributed by atoms with Gasteiger partial charge >= 0.3 is 0 Å². The summed E-state index contributed by atoms with van der Waals surface area (Å²) in [7, 11) is 1.57. The van der Waals surface area contributed by atoms with Gasteiger partial charge in [0.05, 0.1) is 11.1 Å². The molecule has 0 saturated heterocycles. The molecule has 4 nitrogen and oxygen atoms in total. The summed E-state index contributed by atoms with van der Waals surface area (Å²) in [5, 5.41) is 3.74. The molecule has 1 aromatic heterocycles. The van der Waals surface area contributed by atoms with Gasteiger partial charge in [0.25, 0.3) is 5.91 Å². The molecule has 2 N–H and O–H groups in total. The molecular weight excluding hydrogens is 240 g/mol. The van der Waals surface area contributed by atoms with Crippen LogP contribution < -0.4 is 10.7 Å². The third kappa shape index (κ3) is 1.69. The van der Waals surface area contributed by atoms with Crippen molar-refractivity contribution in [1.82, 2.24) is 10.3 Å². The van der Waals surface area contributed by atoms with Crippen molar-refractivity contribution in [1.29, 1.82) is 0 Å². The van der Waals surface area contributed by atoms with Crippen LogP contribution in [0.3, 0.4) is 0 Å². The average molecular weight is 252 g/mol. The van der Waals surface area contributed by atoms with E-state index < -0.39 is 0 Å². The molecule has 3 aromatic rings. The van der Waals surface area contributed by atoms with Gasteiger partial charge in [0, 0.05) is 23.3 Å². The summed E-state index contributed by atoms with van der Waals surface area (Å²) < 4.78 is 0. The number of benzene rings is 2. The van der Waals surface area contributed by atoms with Crippen LogP contribution in [0.5, 0.6) is 0 Å². The second kappa shape index (κ2) is 4.24. The molecule has 1 amide bonds. The Morgan fingerprint density at radius 2 is 1.79 bits per heavy atom. The minimum Gasteiger partial charge on any atom is -0.355 e. The molecule has 0 fully saturated rings. The molecule has 19 heavy (non-hydrogen) atoms. The second-order valence-corrected chi connectivity index (χ2v) is 4.31. The summed E-state index contributed by atoms with van der Waals surface area (Å²) in [6.45, 7) is 0. The zero-order valence-corrected chi connectivity index (χ0v) is 10.4. The number of pyridine rings is 1. The summed E-state index contributed by atoms with van der Waals surface area (Å²) in [6.07, 6.45) is 0. The Hall–Kier alpha value is -2.62. The van der Waals surface area contributed by atoms with E-state index in [1.54, 1.807) is 31.3 Å². The fourth-order valence-electron chi connectivity index (χ4n) is 2.27. The predicted octanol–water partition coefficient (Wildman–Crippen LogP) is 2.04. The number of aromatic amines is 1. The SMILES string of the molecule is CNC(=O)c1cccc2c(=O)c3ccccc3[nH]c12. The van der Waals surface area contributed by atoms with Crippen LogP contribution in [0.1, 0.15) is 10.4 Å². The summed E-state index contributed by atoms with van der Waals surface area (Å²) in [5.74, 6) is -0.212. The van der Waals surface area contributed by atoms with Crippen molar-refractivity contribution < 1.29 is 4.79 Å². The highest BCUT2D eigenvalue weighted by Crippen LogP contribution is 2.18. The van der Waals surface area contributed by atoms with Crippen LogP contribution in [0.2, 0.25) is 0 Å². The maximum Gasteiger partial charge on any atom is 0.253 e. The van der Waals surface area contributed by atoms with E-state index >= 15 is 0 Å². The number of hydrogen-bond donors (Lipinski definition) is 2. The summed E-state index contributed by atoms with van der Waals surface area (Å²) in [5.41, 5.74) is 1.72. The molecule has 0 bridgehead atoms. The number of rotatable bonds is 1. The molecular formula is C15H12N2O2. The topological polar surface area (TPSA) is 62.0 Å². The largest absolute Gasteiger partial charge is 0.355 e. The van der Waals surface area contributed by atoms with Crippen LogP contribution in [0.15, 0.2) is 47.3 Å². The van der Waals surface area contributed by atoms with Gasteiger partial charge in [-0.1, -0.05) is 18.2 Å². The molecule has 0 aliphatic carbocycles. The summed E-state index contributed by atoms with van der Waals surface area (Å²) in [6, 6.07) is 12.4. The first kappa shape index (κ1) is 11.5. The van der Waals surface area contributed by atoms with Crippen molar-refractivity contribution in [2.24, 2.45) is 0 Å². The normalized spacial score (nSPS) is 10.8. The van der Waals surface area contributed by atoms with E-state index in [9.17, 15) is 9.59 Å². The van der Waals surface area contributed by atoms with Gasteiger partial charge in [0.1, 0.15) is 0 Å². The molecule has 0 aliphatic rings. The van der Waals surface area contributed by atoms with Crippen LogP contribution in [-0.2, 0) is 0 Å². The lowest BCUT2D eigenvalue weighted by molar-refractivity contribution is 0.0964. The van der Waals surface area contributed by atoms with E-state index in [1.165, 1.54) is 0 Å². The molecule has 4 heteroatoms. The molecule has 0 spiro atoms. The maximum absolute atomic E-state index is 12.4. The van der Waals surface area contributed by atoms with Crippen molar-refractivity contribution >= 4 is 27.7 Å². The number of H-pyrrole nitrogens is 1. The molecule has 0 atom stereocenters. The van der Waals surface area contributed by atoms with E-state index in [0.29, 0.717) is 21.9 Å². The summed E-state index contributed by atoms with van der Waals surface area (Å²) in [4.78, 5) is 27.4. The van der Waals surface area contributed by atoms with Gasteiger partial charge in [-0.05, 0) is 24.3 Å². The van der Waals surface area contributed by atoms with E-state index in [-0.39, 0.29) is 11.3 Å². The van der Waals surface area contributed by atoms with E-state index in [1.807, 2.05) is 18.2 Å². The monoisotopic (exact) mass is 252 g/mol. The van der Waals surface area contributed by atoms with Crippen LogP contribution >= 0.6 is 0 Å². The Labute approximate surface area is 109 Å². The van der Waals surface area contributed by atoms with Gasteiger partial charge in [-0.3, -0.25) is 9.59 Å². The molecule has 0 saturated carbocycles. The molecule has 94 valence electrons. The predicted molar refractivity (Wildman–Crippen MR) is 75.5 cm³/mol. The van der Waals surface area contributed by atoms with Crippen LogP contribution in [-0.4, -0.2) is 17.9 Å². The molecule has 0 unspecified atom stereocenters. The number of para-hydroxylation sites is 2. The van der Waals surface area contributed by atoms with Crippen molar-refractivity contribution in [2.45, 2.75) is 0 Å². The zero-order chi connectivity index (χ0) is 13.4. The fraction of sp³-hybridized carbons (Fsp3) is 0.0667. The quantitative estimate of drug-likeness (QED) is 0.651. The lowest BCUT2D eigenvalue weighted by atomic mass is 10.1. The number of amides is 1. The minimum atomic E-state index is -0.212. The zero-order valence-electron chi connectivity index (χ0n) is 10.4. The average Bonchev–Trinajstić information content (AvgIpc) is 2.46. The van der Waals surface area contributed by atoms with E-state index in [4.69, 9.17) is 0 Å². The fourth-order valence-corrected chi connectivity index (χ4v) is 2.27. The minimum absolute atomic E-state index is 0.0601. The molecule has 0 aliphatic heterocycles. The van der Waals surface area contributed by atoms with Gasteiger partial charge in [0.2, 0.25) is 0 Å². The number of carbonyl (C=O) groups excluding carboxylic acids is 1. The Balaban J connectivity index is 2.51. The van der Waals surface area contributed by atoms with Gasteiger partial charge in [-0.25, -0.2) is 0 Å². The third-order valence-corrected chi connectivity index (χ3v) is 3.21. The number of carbonyl (C=O) groups is 1. The lowest BCUT2D eigenvalue weighted by Gasteiger charge is -2.07. The van der Waals surface area contributed by atoms with E-state index in [0.717, 1.165) is 5.52 Å². The number of hydrogen-bond acceptors (Lipinski definition) is 2. The first-order valence-corrected chi connectivity index (χ1v) is 5.98.